The first-order chi connectivity index (χ1) is 46.5. The van der Waals surface area contributed by atoms with Crippen molar-refractivity contribution < 1.29 is 80.2 Å². The molecule has 0 aromatic heterocycles. The number of carbonyl (C=O) groups is 4. The van der Waals surface area contributed by atoms with Crippen LogP contribution < -0.4 is 0 Å². The molecule has 0 heterocycles. The molecule has 3 N–H and O–H groups in total. The highest BCUT2D eigenvalue weighted by Crippen LogP contribution is 2.45. The Morgan fingerprint density at radius 1 is 0.281 bits per heavy atom. The monoisotopic (exact) mass is 1410 g/mol. The molecular formula is C77H150O17P2. The van der Waals surface area contributed by atoms with Gasteiger partial charge in [-0.2, -0.15) is 0 Å². The van der Waals surface area contributed by atoms with E-state index in [4.69, 9.17) is 37.0 Å². The normalized spacial score (nSPS) is 13.9. The lowest BCUT2D eigenvalue weighted by atomic mass is 10.0. The van der Waals surface area contributed by atoms with E-state index in [1.165, 1.54) is 225 Å². The SMILES string of the molecule is CCCCCCCCCCCCCCCCCCCCC(=O)OC[C@H](COP(=O)(O)OC[C@@H](O)COP(=O)(O)OC[C@@H](COC(=O)CCCCCCCCCC)OC(=O)CCCCCCCCCCCCCC)OC(=O)CCCCCCCCCCCCCCCCCC(C)C. The molecule has 19 heteroatoms. The van der Waals surface area contributed by atoms with Gasteiger partial charge in [-0.1, -0.05) is 356 Å². The van der Waals surface area contributed by atoms with Crippen molar-refractivity contribution in [2.45, 2.75) is 425 Å². The van der Waals surface area contributed by atoms with E-state index in [0.717, 1.165) is 102 Å². The topological polar surface area (TPSA) is 237 Å². The molecule has 0 aromatic carbocycles. The van der Waals surface area contributed by atoms with Gasteiger partial charge in [-0.25, -0.2) is 9.13 Å². The Bertz CT molecular complexity index is 1840. The number of aliphatic hydroxyl groups excluding tert-OH is 1. The summed E-state index contributed by atoms with van der Waals surface area (Å²) in [6, 6.07) is 0. The van der Waals surface area contributed by atoms with Crippen LogP contribution in [0.1, 0.15) is 407 Å². The molecule has 17 nitrogen and oxygen atoms in total. The van der Waals surface area contributed by atoms with Gasteiger partial charge in [0.2, 0.25) is 0 Å². The second-order valence-corrected chi connectivity index (χ2v) is 31.1. The standard InChI is InChI=1S/C77H150O17P2/c1-6-9-12-15-18-21-23-25-26-27-28-31-34-38-41-46-51-56-61-75(80)88-67-73(94-77(82)63-58-53-48-43-39-35-32-29-30-33-36-40-44-49-54-59-70(4)5)69-92-96(85,86)90-65-71(78)64-89-95(83,84)91-68-72(66-87-74(79)60-55-50-45-20-17-14-11-8-3)93-76(81)62-57-52-47-42-37-24-22-19-16-13-10-7-2/h70-73,78H,6-69H2,1-5H3,(H,83,84)(H,85,86)/t71-,72+,73+/m0/s1. The molecule has 0 amide bonds. The number of phosphoric ester groups is 2. The third kappa shape index (κ3) is 70.5. The van der Waals surface area contributed by atoms with Crippen molar-refractivity contribution in [2.75, 3.05) is 39.6 Å². The summed E-state index contributed by atoms with van der Waals surface area (Å²) in [6.07, 6.45) is 59.7. The van der Waals surface area contributed by atoms with Crippen LogP contribution in [-0.2, 0) is 65.4 Å². The Balaban J connectivity index is 5.20. The first kappa shape index (κ1) is 94.1. The van der Waals surface area contributed by atoms with Gasteiger partial charge in [0, 0.05) is 25.7 Å². The van der Waals surface area contributed by atoms with Gasteiger partial charge in [-0.15, -0.1) is 0 Å². The summed E-state index contributed by atoms with van der Waals surface area (Å²) >= 11 is 0. The van der Waals surface area contributed by atoms with Crippen molar-refractivity contribution in [3.05, 3.63) is 0 Å². The number of rotatable bonds is 77. The van der Waals surface area contributed by atoms with E-state index < -0.39 is 97.5 Å². The lowest BCUT2D eigenvalue weighted by molar-refractivity contribution is -0.161. The minimum Gasteiger partial charge on any atom is -0.462 e. The van der Waals surface area contributed by atoms with Crippen LogP contribution >= 0.6 is 15.6 Å². The number of esters is 4. The fourth-order valence-corrected chi connectivity index (χ4v) is 13.5. The van der Waals surface area contributed by atoms with Crippen molar-refractivity contribution in [3.63, 3.8) is 0 Å². The highest BCUT2D eigenvalue weighted by Gasteiger charge is 2.30. The van der Waals surface area contributed by atoms with Gasteiger partial charge in [0.15, 0.2) is 12.2 Å². The lowest BCUT2D eigenvalue weighted by Crippen LogP contribution is -2.30. The Morgan fingerprint density at radius 3 is 0.708 bits per heavy atom. The van der Waals surface area contributed by atoms with Gasteiger partial charge in [0.25, 0.3) is 0 Å². The first-order valence-corrected chi connectivity index (χ1v) is 43.1. The zero-order valence-electron chi connectivity index (χ0n) is 62.5. The van der Waals surface area contributed by atoms with Crippen molar-refractivity contribution >= 4 is 39.5 Å². The molecule has 0 aliphatic rings. The molecule has 0 spiro atoms. The molecule has 2 unspecified atom stereocenters. The van der Waals surface area contributed by atoms with Crippen LogP contribution in [0.25, 0.3) is 0 Å². The molecule has 0 aliphatic heterocycles. The van der Waals surface area contributed by atoms with E-state index in [-0.39, 0.29) is 25.7 Å². The van der Waals surface area contributed by atoms with Crippen LogP contribution in [0, 0.1) is 5.92 Å². The van der Waals surface area contributed by atoms with Crippen molar-refractivity contribution in [1.29, 1.82) is 0 Å². The van der Waals surface area contributed by atoms with E-state index in [9.17, 15) is 43.2 Å². The molecule has 0 fully saturated rings. The molecule has 0 saturated heterocycles. The third-order valence-corrected chi connectivity index (χ3v) is 19.9. The molecule has 0 rings (SSSR count). The summed E-state index contributed by atoms with van der Waals surface area (Å²) in [6.45, 7) is 7.30. The fourth-order valence-electron chi connectivity index (χ4n) is 11.9. The molecule has 0 aliphatic carbocycles. The summed E-state index contributed by atoms with van der Waals surface area (Å²) in [7, 11) is -9.91. The van der Waals surface area contributed by atoms with Crippen LogP contribution in [0.4, 0.5) is 0 Å². The third-order valence-electron chi connectivity index (χ3n) is 18.0. The summed E-state index contributed by atoms with van der Waals surface area (Å²) in [5, 5.41) is 10.6. The average Bonchev–Trinajstić information content (AvgIpc) is 1.54. The van der Waals surface area contributed by atoms with Crippen molar-refractivity contribution in [2.24, 2.45) is 5.92 Å². The quantitative estimate of drug-likeness (QED) is 0.0222. The van der Waals surface area contributed by atoms with E-state index in [1.54, 1.807) is 0 Å². The van der Waals surface area contributed by atoms with Crippen molar-refractivity contribution in [3.8, 4) is 0 Å². The van der Waals surface area contributed by atoms with Gasteiger partial charge in [0.1, 0.15) is 19.3 Å². The van der Waals surface area contributed by atoms with E-state index in [2.05, 4.69) is 34.6 Å². The van der Waals surface area contributed by atoms with Gasteiger partial charge in [-0.05, 0) is 31.6 Å². The number of hydrogen-bond acceptors (Lipinski definition) is 15. The number of ether oxygens (including phenoxy) is 4. The number of phosphoric acid groups is 2. The van der Waals surface area contributed by atoms with Gasteiger partial charge in [-0.3, -0.25) is 37.3 Å². The summed E-state index contributed by atoms with van der Waals surface area (Å²) < 4.78 is 68.5. The Hall–Kier alpha value is -1.94. The molecule has 5 atom stereocenters. The van der Waals surface area contributed by atoms with E-state index in [0.29, 0.717) is 25.7 Å². The predicted molar refractivity (Wildman–Crippen MR) is 391 cm³/mol. The van der Waals surface area contributed by atoms with Crippen LogP contribution in [0.3, 0.4) is 0 Å². The maximum absolute atomic E-state index is 13.1. The minimum absolute atomic E-state index is 0.107. The molecule has 0 radical (unpaired) electrons. The second kappa shape index (κ2) is 70.1. The molecule has 570 valence electrons. The van der Waals surface area contributed by atoms with Crippen LogP contribution in [0.15, 0.2) is 0 Å². The first-order valence-electron chi connectivity index (χ1n) is 40.1. The van der Waals surface area contributed by atoms with Crippen LogP contribution in [0.5, 0.6) is 0 Å². The number of hydrogen-bond donors (Lipinski definition) is 3. The smallest absolute Gasteiger partial charge is 0.462 e. The lowest BCUT2D eigenvalue weighted by Gasteiger charge is -2.21. The van der Waals surface area contributed by atoms with Gasteiger partial charge in [0.05, 0.1) is 26.4 Å². The fraction of sp³-hybridized carbons (Fsp3) is 0.948. The van der Waals surface area contributed by atoms with Gasteiger partial charge >= 0.3 is 39.5 Å². The van der Waals surface area contributed by atoms with Crippen LogP contribution in [0.2, 0.25) is 0 Å². The maximum atomic E-state index is 13.1. The van der Waals surface area contributed by atoms with E-state index >= 15 is 0 Å². The molecule has 0 bridgehead atoms. The predicted octanol–water partition coefficient (Wildman–Crippen LogP) is 22.9. The zero-order valence-corrected chi connectivity index (χ0v) is 64.3. The highest BCUT2D eigenvalue weighted by atomic mass is 31.2. The summed E-state index contributed by atoms with van der Waals surface area (Å²) in [5.74, 6) is -1.31. The van der Waals surface area contributed by atoms with E-state index in [1.807, 2.05) is 0 Å². The molecule has 0 aromatic rings. The van der Waals surface area contributed by atoms with Gasteiger partial charge < -0.3 is 33.8 Å². The minimum atomic E-state index is -4.96. The largest absolute Gasteiger partial charge is 0.472 e. The number of carbonyl (C=O) groups excluding carboxylic acids is 4. The molecule has 96 heavy (non-hydrogen) atoms. The number of aliphatic hydroxyl groups is 1. The number of unbranched alkanes of at least 4 members (excludes halogenated alkanes) is 49. The molecule has 0 saturated carbocycles. The zero-order chi connectivity index (χ0) is 70.5. The second-order valence-electron chi connectivity index (χ2n) is 28.2. The summed E-state index contributed by atoms with van der Waals surface area (Å²) in [5.41, 5.74) is 0. The average molecular weight is 1410 g/mol. The Labute approximate surface area is 588 Å². The maximum Gasteiger partial charge on any atom is 0.472 e. The van der Waals surface area contributed by atoms with Crippen LogP contribution in [-0.4, -0.2) is 96.7 Å². The molecular weight excluding hydrogens is 1260 g/mol. The van der Waals surface area contributed by atoms with Crippen molar-refractivity contribution in [1.82, 2.24) is 0 Å². The highest BCUT2D eigenvalue weighted by molar-refractivity contribution is 7.47. The summed E-state index contributed by atoms with van der Waals surface area (Å²) in [4.78, 5) is 72.7. The Kier molecular flexibility index (Phi) is 68.7. The Morgan fingerprint density at radius 2 is 0.479 bits per heavy atom.